The van der Waals surface area contributed by atoms with E-state index in [9.17, 15) is 4.39 Å². The Bertz CT molecular complexity index is 793. The number of halogens is 1. The van der Waals surface area contributed by atoms with Crippen LogP contribution in [-0.4, -0.2) is 24.3 Å². The Morgan fingerprint density at radius 2 is 1.88 bits per heavy atom. The highest BCUT2D eigenvalue weighted by molar-refractivity contribution is 5.62. The molecule has 0 aliphatic carbocycles. The number of benzene rings is 2. The minimum absolute atomic E-state index is 0.237. The SMILES string of the molecule is CN(C)c1cccc(CNCc2cn[nH]c2-c2ccc(F)cc2)c1. The van der Waals surface area contributed by atoms with Gasteiger partial charge in [-0.05, 0) is 42.0 Å². The summed E-state index contributed by atoms with van der Waals surface area (Å²) < 4.78 is 13.1. The van der Waals surface area contributed by atoms with Gasteiger partial charge in [-0.15, -0.1) is 0 Å². The first-order valence-electron chi connectivity index (χ1n) is 7.88. The molecule has 0 atom stereocenters. The van der Waals surface area contributed by atoms with Crippen molar-refractivity contribution in [2.24, 2.45) is 0 Å². The molecular formula is C19H21FN4. The number of rotatable bonds is 6. The molecule has 5 heteroatoms. The van der Waals surface area contributed by atoms with Gasteiger partial charge >= 0.3 is 0 Å². The minimum atomic E-state index is -0.237. The second kappa shape index (κ2) is 7.27. The lowest BCUT2D eigenvalue weighted by atomic mass is 10.1. The Kier molecular flexibility index (Phi) is 4.91. The number of aromatic amines is 1. The van der Waals surface area contributed by atoms with Gasteiger partial charge in [-0.2, -0.15) is 5.10 Å². The van der Waals surface area contributed by atoms with Gasteiger partial charge in [0.2, 0.25) is 0 Å². The molecule has 24 heavy (non-hydrogen) atoms. The van der Waals surface area contributed by atoms with Gasteiger partial charge in [0, 0.05) is 44.0 Å². The molecule has 0 bridgehead atoms. The summed E-state index contributed by atoms with van der Waals surface area (Å²) in [5.41, 5.74) is 5.33. The molecule has 4 nitrogen and oxygen atoms in total. The molecule has 1 aromatic heterocycles. The maximum absolute atomic E-state index is 13.1. The lowest BCUT2D eigenvalue weighted by Crippen LogP contribution is -2.14. The molecule has 3 rings (SSSR count). The van der Waals surface area contributed by atoms with Crippen LogP contribution in [0.3, 0.4) is 0 Å². The molecule has 2 N–H and O–H groups in total. The molecule has 1 heterocycles. The van der Waals surface area contributed by atoms with Crippen molar-refractivity contribution in [1.29, 1.82) is 0 Å². The van der Waals surface area contributed by atoms with E-state index in [4.69, 9.17) is 0 Å². The molecule has 0 unspecified atom stereocenters. The van der Waals surface area contributed by atoms with Crippen LogP contribution in [0, 0.1) is 5.82 Å². The fourth-order valence-corrected chi connectivity index (χ4v) is 2.60. The number of nitrogens with zero attached hydrogens (tertiary/aromatic N) is 2. The van der Waals surface area contributed by atoms with Gasteiger partial charge in [0.25, 0.3) is 0 Å². The zero-order chi connectivity index (χ0) is 16.9. The number of H-pyrrole nitrogens is 1. The summed E-state index contributed by atoms with van der Waals surface area (Å²) in [6.45, 7) is 1.46. The van der Waals surface area contributed by atoms with Crippen LogP contribution in [0.25, 0.3) is 11.3 Å². The van der Waals surface area contributed by atoms with E-state index in [1.807, 2.05) is 20.3 Å². The molecule has 0 saturated heterocycles. The number of hydrogen-bond donors (Lipinski definition) is 2. The molecule has 0 amide bonds. The summed E-state index contributed by atoms with van der Waals surface area (Å²) in [4.78, 5) is 2.09. The largest absolute Gasteiger partial charge is 0.378 e. The summed E-state index contributed by atoms with van der Waals surface area (Å²) in [7, 11) is 4.07. The predicted octanol–water partition coefficient (Wildman–Crippen LogP) is 3.57. The van der Waals surface area contributed by atoms with Crippen molar-refractivity contribution in [3.05, 3.63) is 71.7 Å². The van der Waals surface area contributed by atoms with Crippen LogP contribution < -0.4 is 10.2 Å². The second-order valence-electron chi connectivity index (χ2n) is 5.95. The highest BCUT2D eigenvalue weighted by atomic mass is 19.1. The van der Waals surface area contributed by atoms with E-state index >= 15 is 0 Å². The van der Waals surface area contributed by atoms with Crippen LogP contribution >= 0.6 is 0 Å². The predicted molar refractivity (Wildman–Crippen MR) is 95.3 cm³/mol. The molecule has 0 aliphatic heterocycles. The fourth-order valence-electron chi connectivity index (χ4n) is 2.60. The molecular weight excluding hydrogens is 303 g/mol. The second-order valence-corrected chi connectivity index (χ2v) is 5.95. The van der Waals surface area contributed by atoms with Crippen molar-refractivity contribution in [1.82, 2.24) is 15.5 Å². The molecule has 3 aromatic rings. The Hall–Kier alpha value is -2.66. The molecule has 0 spiro atoms. The standard InChI is InChI=1S/C19H21FN4/c1-24(2)18-5-3-4-14(10-18)11-21-12-16-13-22-23-19(16)15-6-8-17(20)9-7-15/h3-10,13,21H,11-12H2,1-2H3,(H,22,23). The molecule has 0 aliphatic rings. The van der Waals surface area contributed by atoms with E-state index in [0.29, 0.717) is 6.54 Å². The van der Waals surface area contributed by atoms with Crippen molar-refractivity contribution >= 4 is 5.69 Å². The lowest BCUT2D eigenvalue weighted by Gasteiger charge is -2.14. The topological polar surface area (TPSA) is 44.0 Å². The fraction of sp³-hybridized carbons (Fsp3) is 0.211. The summed E-state index contributed by atoms with van der Waals surface area (Å²) in [5.74, 6) is -0.237. The minimum Gasteiger partial charge on any atom is -0.378 e. The molecule has 0 saturated carbocycles. The molecule has 2 aromatic carbocycles. The Balaban J connectivity index is 1.65. The average Bonchev–Trinajstić information content (AvgIpc) is 3.04. The van der Waals surface area contributed by atoms with Crippen molar-refractivity contribution in [3.8, 4) is 11.3 Å². The Morgan fingerprint density at radius 1 is 1.08 bits per heavy atom. The maximum atomic E-state index is 13.1. The number of hydrogen-bond acceptors (Lipinski definition) is 3. The summed E-state index contributed by atoms with van der Waals surface area (Å²) in [5, 5.41) is 10.6. The van der Waals surface area contributed by atoms with Gasteiger partial charge in [0.1, 0.15) is 5.82 Å². The summed E-state index contributed by atoms with van der Waals surface area (Å²) in [6.07, 6.45) is 1.81. The zero-order valence-electron chi connectivity index (χ0n) is 13.9. The van der Waals surface area contributed by atoms with Crippen molar-refractivity contribution < 1.29 is 4.39 Å². The van der Waals surface area contributed by atoms with Crippen LogP contribution in [0.2, 0.25) is 0 Å². The van der Waals surface area contributed by atoms with Crippen LogP contribution in [-0.2, 0) is 13.1 Å². The number of nitrogens with one attached hydrogen (secondary N) is 2. The monoisotopic (exact) mass is 324 g/mol. The van der Waals surface area contributed by atoms with E-state index in [2.05, 4.69) is 44.7 Å². The van der Waals surface area contributed by atoms with Gasteiger partial charge in [0.15, 0.2) is 0 Å². The van der Waals surface area contributed by atoms with E-state index in [1.54, 1.807) is 12.1 Å². The first-order valence-corrected chi connectivity index (χ1v) is 7.88. The first-order chi connectivity index (χ1) is 11.6. The highest BCUT2D eigenvalue weighted by Crippen LogP contribution is 2.21. The number of anilines is 1. The Labute approximate surface area is 141 Å². The van der Waals surface area contributed by atoms with Gasteiger partial charge in [-0.1, -0.05) is 12.1 Å². The van der Waals surface area contributed by atoms with Crippen molar-refractivity contribution in [2.45, 2.75) is 13.1 Å². The summed E-state index contributed by atoms with van der Waals surface area (Å²) in [6, 6.07) is 14.9. The number of aromatic nitrogens is 2. The van der Waals surface area contributed by atoms with E-state index in [1.165, 1.54) is 23.4 Å². The average molecular weight is 324 g/mol. The highest BCUT2D eigenvalue weighted by Gasteiger charge is 2.07. The van der Waals surface area contributed by atoms with Crippen LogP contribution in [0.1, 0.15) is 11.1 Å². The van der Waals surface area contributed by atoms with Crippen LogP contribution in [0.15, 0.2) is 54.7 Å². The van der Waals surface area contributed by atoms with E-state index < -0.39 is 0 Å². The quantitative estimate of drug-likeness (QED) is 0.728. The molecule has 124 valence electrons. The third-order valence-corrected chi connectivity index (χ3v) is 3.92. The van der Waals surface area contributed by atoms with Gasteiger partial charge in [-0.25, -0.2) is 4.39 Å². The van der Waals surface area contributed by atoms with Gasteiger partial charge < -0.3 is 10.2 Å². The third-order valence-electron chi connectivity index (χ3n) is 3.92. The van der Waals surface area contributed by atoms with Gasteiger partial charge in [0.05, 0.1) is 11.9 Å². The third kappa shape index (κ3) is 3.81. The molecule has 0 radical (unpaired) electrons. The maximum Gasteiger partial charge on any atom is 0.123 e. The van der Waals surface area contributed by atoms with Crippen molar-refractivity contribution in [3.63, 3.8) is 0 Å². The normalized spacial score (nSPS) is 10.8. The smallest absolute Gasteiger partial charge is 0.123 e. The van der Waals surface area contributed by atoms with E-state index in [-0.39, 0.29) is 5.82 Å². The van der Waals surface area contributed by atoms with E-state index in [0.717, 1.165) is 23.4 Å². The lowest BCUT2D eigenvalue weighted by molar-refractivity contribution is 0.628. The Morgan fingerprint density at radius 3 is 2.62 bits per heavy atom. The first kappa shape index (κ1) is 16.2. The molecule has 0 fully saturated rings. The zero-order valence-corrected chi connectivity index (χ0v) is 13.9. The van der Waals surface area contributed by atoms with Gasteiger partial charge in [-0.3, -0.25) is 5.10 Å². The van der Waals surface area contributed by atoms with Crippen LogP contribution in [0.4, 0.5) is 10.1 Å². The van der Waals surface area contributed by atoms with Crippen molar-refractivity contribution in [2.75, 3.05) is 19.0 Å². The van der Waals surface area contributed by atoms with Crippen LogP contribution in [0.5, 0.6) is 0 Å². The summed E-state index contributed by atoms with van der Waals surface area (Å²) >= 11 is 0.